The van der Waals surface area contributed by atoms with Gasteiger partial charge in [0.15, 0.2) is 10.8 Å². The van der Waals surface area contributed by atoms with E-state index < -0.39 is 58.5 Å². The molecule has 2 N–H and O–H groups in total. The first-order valence-corrected chi connectivity index (χ1v) is 9.93. The molecule has 0 bridgehead atoms. The van der Waals surface area contributed by atoms with E-state index in [1.165, 1.54) is 14.2 Å². The van der Waals surface area contributed by atoms with E-state index in [0.717, 1.165) is 0 Å². The van der Waals surface area contributed by atoms with Gasteiger partial charge in [-0.25, -0.2) is 0 Å². The molecule has 0 amide bonds. The highest BCUT2D eigenvalue weighted by molar-refractivity contribution is 6.08. The molecule has 0 unspecified atom stereocenters. The number of hydrogen-bond donors (Lipinski definition) is 2. The topological polar surface area (TPSA) is 171 Å². The number of aliphatic carboxylic acids is 2. The fourth-order valence-electron chi connectivity index (χ4n) is 4.32. The van der Waals surface area contributed by atoms with Crippen molar-refractivity contribution in [3.8, 4) is 0 Å². The molecule has 0 radical (unpaired) electrons. The SMILES string of the molecule is COC(=O)C1CCC(C(=O)O)(C(=O)OC(=O)C2(C(=O)O)CCC(C(=O)OC)CC2)CC1. The van der Waals surface area contributed by atoms with E-state index >= 15 is 0 Å². The van der Waals surface area contributed by atoms with Crippen molar-refractivity contribution in [2.45, 2.75) is 51.4 Å². The molecule has 11 heteroatoms. The Hall–Kier alpha value is -2.98. The normalized spacial score (nSPS) is 30.5. The fourth-order valence-corrected chi connectivity index (χ4v) is 4.32. The zero-order valence-corrected chi connectivity index (χ0v) is 17.4. The number of carbonyl (C=O) groups is 6. The number of esters is 4. The lowest BCUT2D eigenvalue weighted by molar-refractivity contribution is -0.187. The second-order valence-corrected chi connectivity index (χ2v) is 8.05. The first-order chi connectivity index (χ1) is 14.5. The summed E-state index contributed by atoms with van der Waals surface area (Å²) in [5.74, 6) is -7.88. The summed E-state index contributed by atoms with van der Waals surface area (Å²) in [7, 11) is 2.41. The number of methoxy groups -OCH3 is 2. The molecular formula is C20H26O11. The molecule has 0 saturated heterocycles. The van der Waals surface area contributed by atoms with Crippen molar-refractivity contribution in [1.29, 1.82) is 0 Å². The molecule has 2 fully saturated rings. The number of carboxylic acids is 2. The van der Waals surface area contributed by atoms with Gasteiger partial charge in [-0.05, 0) is 51.4 Å². The van der Waals surface area contributed by atoms with Crippen LogP contribution in [-0.4, -0.2) is 60.2 Å². The molecule has 2 rings (SSSR count). The van der Waals surface area contributed by atoms with Crippen molar-refractivity contribution in [1.82, 2.24) is 0 Å². The first kappa shape index (κ1) is 24.3. The molecule has 0 heterocycles. The molecule has 2 saturated carbocycles. The second-order valence-electron chi connectivity index (χ2n) is 8.05. The van der Waals surface area contributed by atoms with Gasteiger partial charge in [-0.3, -0.25) is 28.8 Å². The van der Waals surface area contributed by atoms with Crippen LogP contribution in [0.3, 0.4) is 0 Å². The minimum absolute atomic E-state index is 0.0488. The molecule has 2 aliphatic carbocycles. The Kier molecular flexibility index (Phi) is 7.40. The Bertz CT molecular complexity index is 704. The van der Waals surface area contributed by atoms with Gasteiger partial charge in [0.25, 0.3) is 0 Å². The maximum Gasteiger partial charge on any atom is 0.331 e. The number of carbonyl (C=O) groups excluding carboxylic acids is 4. The third-order valence-electron chi connectivity index (χ3n) is 6.53. The summed E-state index contributed by atoms with van der Waals surface area (Å²) in [5, 5.41) is 19.3. The summed E-state index contributed by atoms with van der Waals surface area (Å²) in [6.45, 7) is 0. The molecule has 172 valence electrons. The predicted octanol–water partition coefficient (Wildman–Crippen LogP) is 0.925. The minimum atomic E-state index is -2.05. The van der Waals surface area contributed by atoms with E-state index in [1.54, 1.807) is 0 Å². The van der Waals surface area contributed by atoms with E-state index in [2.05, 4.69) is 9.47 Å². The Labute approximate surface area is 178 Å². The van der Waals surface area contributed by atoms with Crippen LogP contribution in [0.4, 0.5) is 0 Å². The minimum Gasteiger partial charge on any atom is -0.480 e. The number of ether oxygens (including phenoxy) is 3. The van der Waals surface area contributed by atoms with Crippen LogP contribution in [0.1, 0.15) is 51.4 Å². The van der Waals surface area contributed by atoms with Crippen molar-refractivity contribution in [3.05, 3.63) is 0 Å². The molecule has 0 aliphatic heterocycles. The molecule has 0 aromatic heterocycles. The smallest absolute Gasteiger partial charge is 0.331 e. The molecule has 31 heavy (non-hydrogen) atoms. The Morgan fingerprint density at radius 1 is 0.645 bits per heavy atom. The van der Waals surface area contributed by atoms with Crippen molar-refractivity contribution in [2.24, 2.45) is 22.7 Å². The lowest BCUT2D eigenvalue weighted by Crippen LogP contribution is -2.49. The molecule has 0 aromatic rings. The van der Waals surface area contributed by atoms with E-state index in [-0.39, 0.29) is 51.4 Å². The van der Waals surface area contributed by atoms with Gasteiger partial charge in [-0.2, -0.15) is 0 Å². The van der Waals surface area contributed by atoms with E-state index in [4.69, 9.17) is 4.74 Å². The van der Waals surface area contributed by atoms with Crippen LogP contribution in [0.5, 0.6) is 0 Å². The first-order valence-electron chi connectivity index (χ1n) is 9.93. The summed E-state index contributed by atoms with van der Waals surface area (Å²) < 4.78 is 14.1. The van der Waals surface area contributed by atoms with Crippen molar-refractivity contribution >= 4 is 35.8 Å². The van der Waals surface area contributed by atoms with Crippen molar-refractivity contribution in [3.63, 3.8) is 0 Å². The van der Waals surface area contributed by atoms with Gasteiger partial charge in [-0.1, -0.05) is 0 Å². The monoisotopic (exact) mass is 442 g/mol. The average Bonchev–Trinajstić information content (AvgIpc) is 2.77. The van der Waals surface area contributed by atoms with Gasteiger partial charge < -0.3 is 24.4 Å². The third kappa shape index (κ3) is 4.54. The van der Waals surface area contributed by atoms with E-state index in [9.17, 15) is 39.0 Å². The van der Waals surface area contributed by atoms with Gasteiger partial charge in [0.05, 0.1) is 26.1 Å². The van der Waals surface area contributed by atoms with Crippen LogP contribution in [0, 0.1) is 22.7 Å². The quantitative estimate of drug-likeness (QED) is 0.340. The van der Waals surface area contributed by atoms with Crippen LogP contribution in [0.25, 0.3) is 0 Å². The highest BCUT2D eigenvalue weighted by atomic mass is 16.6. The van der Waals surface area contributed by atoms with Crippen LogP contribution in [-0.2, 0) is 43.0 Å². The van der Waals surface area contributed by atoms with Gasteiger partial charge in [0, 0.05) is 0 Å². The highest BCUT2D eigenvalue weighted by Crippen LogP contribution is 2.44. The molecule has 0 aromatic carbocycles. The van der Waals surface area contributed by atoms with Crippen molar-refractivity contribution in [2.75, 3.05) is 14.2 Å². The fraction of sp³-hybridized carbons (Fsp3) is 0.700. The summed E-state index contributed by atoms with van der Waals surface area (Å²) in [6, 6.07) is 0. The summed E-state index contributed by atoms with van der Waals surface area (Å²) in [6.07, 6.45) is -0.810. The van der Waals surface area contributed by atoms with Crippen LogP contribution in [0.15, 0.2) is 0 Å². The maximum absolute atomic E-state index is 12.7. The molecule has 0 atom stereocenters. The Morgan fingerprint density at radius 3 is 1.16 bits per heavy atom. The predicted molar refractivity (Wildman–Crippen MR) is 99.2 cm³/mol. The molecular weight excluding hydrogens is 416 g/mol. The van der Waals surface area contributed by atoms with Crippen LogP contribution < -0.4 is 0 Å². The van der Waals surface area contributed by atoms with Crippen LogP contribution >= 0.6 is 0 Å². The largest absolute Gasteiger partial charge is 0.480 e. The molecule has 11 nitrogen and oxygen atoms in total. The van der Waals surface area contributed by atoms with Crippen LogP contribution in [0.2, 0.25) is 0 Å². The molecule has 0 spiro atoms. The molecule has 2 aliphatic rings. The second kappa shape index (κ2) is 9.44. The lowest BCUT2D eigenvalue weighted by Gasteiger charge is -2.36. The lowest BCUT2D eigenvalue weighted by atomic mass is 9.69. The summed E-state index contributed by atoms with van der Waals surface area (Å²) in [5.41, 5.74) is -4.10. The summed E-state index contributed by atoms with van der Waals surface area (Å²) in [4.78, 5) is 72.6. The number of rotatable bonds is 6. The van der Waals surface area contributed by atoms with Gasteiger partial charge >= 0.3 is 35.8 Å². The summed E-state index contributed by atoms with van der Waals surface area (Å²) >= 11 is 0. The highest BCUT2D eigenvalue weighted by Gasteiger charge is 2.56. The van der Waals surface area contributed by atoms with E-state index in [1.807, 2.05) is 0 Å². The Balaban J connectivity index is 2.15. The van der Waals surface area contributed by atoms with E-state index in [0.29, 0.717) is 0 Å². The number of carboxylic acid groups (broad SMARTS) is 2. The third-order valence-corrected chi connectivity index (χ3v) is 6.53. The zero-order chi connectivity index (χ0) is 23.4. The van der Waals surface area contributed by atoms with Crippen molar-refractivity contribution < 1.29 is 53.2 Å². The Morgan fingerprint density at radius 2 is 0.935 bits per heavy atom. The van der Waals surface area contributed by atoms with Gasteiger partial charge in [0.1, 0.15) is 0 Å². The zero-order valence-electron chi connectivity index (χ0n) is 17.4. The van der Waals surface area contributed by atoms with Gasteiger partial charge in [0.2, 0.25) is 0 Å². The standard InChI is InChI=1S/C20H26O11/c1-29-13(21)11-3-7-19(8-4-11,15(23)24)17(27)31-18(28)20(16(25)26)9-5-12(6-10-20)14(22)30-2/h11-12H,3-10H2,1-2H3,(H,23,24)(H,25,26). The number of hydrogen-bond acceptors (Lipinski definition) is 9. The van der Waals surface area contributed by atoms with Gasteiger partial charge in [-0.15, -0.1) is 0 Å². The average molecular weight is 442 g/mol. The maximum atomic E-state index is 12.7.